The standard InChI is InChI=1S/C10H5BrClFN2O/c11-7-2-1-6(3-8(7)13)16-10-5-14-4-9(12)15-10/h1-5H. The lowest BCUT2D eigenvalue weighted by atomic mass is 10.3. The Balaban J connectivity index is 2.24. The van der Waals surface area contributed by atoms with Crippen molar-refractivity contribution in [1.82, 2.24) is 9.97 Å². The van der Waals surface area contributed by atoms with Crippen LogP contribution < -0.4 is 4.74 Å². The average Bonchev–Trinajstić information content (AvgIpc) is 2.24. The molecule has 0 amide bonds. The van der Waals surface area contributed by atoms with Crippen LogP contribution in [0.3, 0.4) is 0 Å². The molecule has 1 aromatic carbocycles. The molecular formula is C10H5BrClFN2O. The lowest BCUT2D eigenvalue weighted by Gasteiger charge is -2.04. The molecule has 0 bridgehead atoms. The summed E-state index contributed by atoms with van der Waals surface area (Å²) in [5, 5.41) is 0.218. The number of aromatic nitrogens is 2. The fraction of sp³-hybridized carbons (Fsp3) is 0. The summed E-state index contributed by atoms with van der Waals surface area (Å²) in [4.78, 5) is 7.67. The predicted molar refractivity (Wildman–Crippen MR) is 61.2 cm³/mol. The molecule has 0 aliphatic rings. The van der Waals surface area contributed by atoms with Gasteiger partial charge in [0.25, 0.3) is 0 Å². The highest BCUT2D eigenvalue weighted by molar-refractivity contribution is 9.10. The smallest absolute Gasteiger partial charge is 0.239 e. The van der Waals surface area contributed by atoms with Gasteiger partial charge in [0, 0.05) is 6.07 Å². The number of ether oxygens (including phenoxy) is 1. The zero-order valence-corrected chi connectivity index (χ0v) is 10.2. The summed E-state index contributed by atoms with van der Waals surface area (Å²) in [5.41, 5.74) is 0. The van der Waals surface area contributed by atoms with Crippen LogP contribution in [0.2, 0.25) is 5.15 Å². The van der Waals surface area contributed by atoms with E-state index < -0.39 is 5.82 Å². The molecule has 2 aromatic rings. The van der Waals surface area contributed by atoms with Crippen LogP contribution in [0, 0.1) is 5.82 Å². The molecule has 16 heavy (non-hydrogen) atoms. The van der Waals surface area contributed by atoms with Gasteiger partial charge in [0.05, 0.1) is 16.9 Å². The van der Waals surface area contributed by atoms with Crippen molar-refractivity contribution >= 4 is 27.5 Å². The highest BCUT2D eigenvalue weighted by Gasteiger charge is 2.04. The first-order chi connectivity index (χ1) is 7.65. The van der Waals surface area contributed by atoms with Crippen LogP contribution in [0.25, 0.3) is 0 Å². The molecule has 0 radical (unpaired) electrons. The quantitative estimate of drug-likeness (QED) is 0.846. The summed E-state index contributed by atoms with van der Waals surface area (Å²) in [6, 6.07) is 4.39. The van der Waals surface area contributed by atoms with E-state index in [1.807, 2.05) is 0 Å². The van der Waals surface area contributed by atoms with Crippen LogP contribution in [-0.2, 0) is 0 Å². The first kappa shape index (κ1) is 11.3. The van der Waals surface area contributed by atoms with Gasteiger partial charge in [-0.15, -0.1) is 0 Å². The van der Waals surface area contributed by atoms with Crippen molar-refractivity contribution in [3.05, 3.63) is 46.0 Å². The first-order valence-electron chi connectivity index (χ1n) is 4.25. The minimum atomic E-state index is -0.410. The third-order valence-corrected chi connectivity index (χ3v) is 2.52. The number of rotatable bonds is 2. The Morgan fingerprint density at radius 3 is 2.81 bits per heavy atom. The Morgan fingerprint density at radius 2 is 2.12 bits per heavy atom. The number of nitrogens with zero attached hydrogens (tertiary/aromatic N) is 2. The summed E-state index contributed by atoms with van der Waals surface area (Å²) in [7, 11) is 0. The molecule has 3 nitrogen and oxygen atoms in total. The molecule has 82 valence electrons. The Kier molecular flexibility index (Phi) is 3.36. The van der Waals surface area contributed by atoms with Gasteiger partial charge in [0.15, 0.2) is 5.15 Å². The second-order valence-corrected chi connectivity index (χ2v) is 4.10. The normalized spacial score (nSPS) is 10.2. The van der Waals surface area contributed by atoms with Gasteiger partial charge in [-0.3, -0.25) is 4.98 Å². The van der Waals surface area contributed by atoms with E-state index >= 15 is 0 Å². The maximum atomic E-state index is 13.2. The van der Waals surface area contributed by atoms with Crippen molar-refractivity contribution < 1.29 is 9.13 Å². The van der Waals surface area contributed by atoms with Crippen molar-refractivity contribution in [1.29, 1.82) is 0 Å². The van der Waals surface area contributed by atoms with Gasteiger partial charge < -0.3 is 4.74 Å². The van der Waals surface area contributed by atoms with Gasteiger partial charge >= 0.3 is 0 Å². The maximum Gasteiger partial charge on any atom is 0.239 e. The monoisotopic (exact) mass is 302 g/mol. The van der Waals surface area contributed by atoms with Crippen LogP contribution in [0.15, 0.2) is 35.1 Å². The second kappa shape index (κ2) is 4.76. The Bertz CT molecular complexity index is 524. The topological polar surface area (TPSA) is 35.0 Å². The highest BCUT2D eigenvalue weighted by Crippen LogP contribution is 2.24. The molecule has 0 aliphatic carbocycles. The van der Waals surface area contributed by atoms with Crippen LogP contribution in [0.1, 0.15) is 0 Å². The van der Waals surface area contributed by atoms with E-state index in [-0.39, 0.29) is 11.0 Å². The maximum absolute atomic E-state index is 13.2. The molecule has 6 heteroatoms. The van der Waals surface area contributed by atoms with Gasteiger partial charge in [0.2, 0.25) is 5.88 Å². The summed E-state index contributed by atoms with van der Waals surface area (Å²) < 4.78 is 18.8. The third-order valence-electron chi connectivity index (χ3n) is 1.70. The van der Waals surface area contributed by atoms with Crippen LogP contribution in [0.5, 0.6) is 11.6 Å². The van der Waals surface area contributed by atoms with Crippen LogP contribution in [-0.4, -0.2) is 9.97 Å². The van der Waals surface area contributed by atoms with E-state index in [4.69, 9.17) is 16.3 Å². The lowest BCUT2D eigenvalue weighted by Crippen LogP contribution is -1.90. The molecule has 1 aromatic heterocycles. The number of hydrogen-bond acceptors (Lipinski definition) is 3. The lowest BCUT2D eigenvalue weighted by molar-refractivity contribution is 0.455. The third kappa shape index (κ3) is 2.68. The van der Waals surface area contributed by atoms with E-state index in [2.05, 4.69) is 25.9 Å². The predicted octanol–water partition coefficient (Wildman–Crippen LogP) is 3.82. The van der Waals surface area contributed by atoms with Gasteiger partial charge in [0.1, 0.15) is 11.6 Å². The van der Waals surface area contributed by atoms with Crippen molar-refractivity contribution in [2.24, 2.45) is 0 Å². The fourth-order valence-corrected chi connectivity index (χ4v) is 1.42. The van der Waals surface area contributed by atoms with Crippen molar-refractivity contribution in [2.75, 3.05) is 0 Å². The second-order valence-electron chi connectivity index (χ2n) is 2.86. The van der Waals surface area contributed by atoms with E-state index in [0.29, 0.717) is 10.2 Å². The molecule has 0 fully saturated rings. The molecule has 0 spiro atoms. The molecule has 0 aliphatic heterocycles. The summed E-state index contributed by atoms with van der Waals surface area (Å²) >= 11 is 8.68. The SMILES string of the molecule is Fc1cc(Oc2cncc(Cl)n2)ccc1Br. The zero-order chi connectivity index (χ0) is 11.5. The highest BCUT2D eigenvalue weighted by atomic mass is 79.9. The Morgan fingerprint density at radius 1 is 1.31 bits per heavy atom. The van der Waals surface area contributed by atoms with Gasteiger partial charge in [-0.25, -0.2) is 4.39 Å². The van der Waals surface area contributed by atoms with Crippen molar-refractivity contribution in [3.8, 4) is 11.6 Å². The number of benzene rings is 1. The molecule has 0 atom stereocenters. The largest absolute Gasteiger partial charge is 0.437 e. The minimum Gasteiger partial charge on any atom is -0.437 e. The van der Waals surface area contributed by atoms with E-state index in [1.165, 1.54) is 18.5 Å². The van der Waals surface area contributed by atoms with Gasteiger partial charge in [-0.05, 0) is 28.1 Å². The van der Waals surface area contributed by atoms with Crippen LogP contribution in [0.4, 0.5) is 4.39 Å². The molecule has 0 saturated carbocycles. The van der Waals surface area contributed by atoms with E-state index in [1.54, 1.807) is 12.1 Å². The zero-order valence-electron chi connectivity index (χ0n) is 7.82. The number of halogens is 3. The minimum absolute atomic E-state index is 0.217. The average molecular weight is 304 g/mol. The molecule has 0 unspecified atom stereocenters. The van der Waals surface area contributed by atoms with Gasteiger partial charge in [-0.2, -0.15) is 4.98 Å². The summed E-state index contributed by atoms with van der Waals surface area (Å²) in [6.45, 7) is 0. The Labute approximate surface area is 104 Å². The Hall–Kier alpha value is -1.20. The molecule has 2 rings (SSSR count). The molecule has 0 N–H and O–H groups in total. The fourth-order valence-electron chi connectivity index (χ4n) is 1.04. The summed E-state index contributed by atoms with van der Waals surface area (Å²) in [5.74, 6) is 0.138. The van der Waals surface area contributed by atoms with Gasteiger partial charge in [-0.1, -0.05) is 11.6 Å². The number of hydrogen-bond donors (Lipinski definition) is 0. The first-order valence-corrected chi connectivity index (χ1v) is 5.43. The van der Waals surface area contributed by atoms with E-state index in [0.717, 1.165) is 0 Å². The molecular weight excluding hydrogens is 298 g/mol. The van der Waals surface area contributed by atoms with Crippen molar-refractivity contribution in [3.63, 3.8) is 0 Å². The van der Waals surface area contributed by atoms with E-state index in [9.17, 15) is 4.39 Å². The van der Waals surface area contributed by atoms with Crippen molar-refractivity contribution in [2.45, 2.75) is 0 Å². The summed E-state index contributed by atoms with van der Waals surface area (Å²) in [6.07, 6.45) is 2.78. The molecule has 1 heterocycles. The van der Waals surface area contributed by atoms with Crippen LogP contribution >= 0.6 is 27.5 Å². The molecule has 0 saturated heterocycles.